The van der Waals surface area contributed by atoms with Gasteiger partial charge in [0.2, 0.25) is 0 Å². The molecule has 21 heavy (non-hydrogen) atoms. The van der Waals surface area contributed by atoms with Crippen LogP contribution in [0.15, 0.2) is 18.2 Å². The molecular weight excluding hydrogens is 270 g/mol. The van der Waals surface area contributed by atoms with E-state index >= 15 is 0 Å². The van der Waals surface area contributed by atoms with Crippen molar-refractivity contribution in [3.8, 4) is 0 Å². The molecule has 0 aliphatic carbocycles. The second-order valence-corrected chi connectivity index (χ2v) is 5.67. The quantitative estimate of drug-likeness (QED) is 0.708. The number of nitrogens with two attached hydrogens (primary N) is 1. The van der Waals surface area contributed by atoms with E-state index in [4.69, 9.17) is 10.5 Å². The lowest BCUT2D eigenvalue weighted by Crippen LogP contribution is -2.54. The third kappa shape index (κ3) is 3.46. The molecule has 0 radical (unpaired) electrons. The number of amides is 1. The Kier molecular flexibility index (Phi) is 4.69. The first-order valence-electron chi connectivity index (χ1n) is 7.05. The van der Waals surface area contributed by atoms with Gasteiger partial charge in [-0.2, -0.15) is 0 Å². The molecule has 4 N–H and O–H groups in total. The molecule has 116 valence electrons. The van der Waals surface area contributed by atoms with Gasteiger partial charge in [-0.05, 0) is 31.0 Å². The molecule has 0 bridgehead atoms. The number of nitrogens with zero attached hydrogens (tertiary/aromatic N) is 1. The summed E-state index contributed by atoms with van der Waals surface area (Å²) >= 11 is 0. The van der Waals surface area contributed by atoms with Crippen LogP contribution in [0, 0.1) is 0 Å². The molecule has 1 aromatic carbocycles. The number of rotatable bonds is 4. The molecule has 1 aromatic rings. The lowest BCUT2D eigenvalue weighted by Gasteiger charge is -2.36. The van der Waals surface area contributed by atoms with Crippen molar-refractivity contribution in [1.82, 2.24) is 5.32 Å². The second kappa shape index (κ2) is 6.32. The molecule has 1 aliphatic heterocycles. The Labute approximate surface area is 124 Å². The molecule has 6 heteroatoms. The second-order valence-electron chi connectivity index (χ2n) is 5.67. The lowest BCUT2D eigenvalue weighted by atomic mass is 9.90. The van der Waals surface area contributed by atoms with Crippen LogP contribution in [0.2, 0.25) is 0 Å². The summed E-state index contributed by atoms with van der Waals surface area (Å²) in [6, 6.07) is 5.22. The molecule has 6 nitrogen and oxygen atoms in total. The predicted molar refractivity (Wildman–Crippen MR) is 82.5 cm³/mol. The van der Waals surface area contributed by atoms with Gasteiger partial charge in [0.15, 0.2) is 0 Å². The summed E-state index contributed by atoms with van der Waals surface area (Å²) in [5.74, 6) is -0.219. The summed E-state index contributed by atoms with van der Waals surface area (Å²) in [6.07, 6.45) is 1.22. The minimum Gasteiger partial charge on any atom is -0.397 e. The number of carbonyl (C=O) groups is 1. The molecular formula is C15H23N3O3. The molecule has 1 amide bonds. The molecule has 1 aliphatic rings. The number of anilines is 2. The minimum atomic E-state index is -0.593. The topological polar surface area (TPSA) is 87.8 Å². The van der Waals surface area contributed by atoms with E-state index in [0.29, 0.717) is 37.3 Å². The maximum absolute atomic E-state index is 12.4. The van der Waals surface area contributed by atoms with Gasteiger partial charge < -0.3 is 25.8 Å². The largest absolute Gasteiger partial charge is 0.397 e. The first kappa shape index (κ1) is 15.6. The SMILES string of the molecule is CN(C)c1ccc(C(=O)NC2(CO)CCOCC2)cc1N. The highest BCUT2D eigenvalue weighted by Gasteiger charge is 2.33. The third-order valence-corrected chi connectivity index (χ3v) is 3.90. The zero-order valence-electron chi connectivity index (χ0n) is 12.6. The van der Waals surface area contributed by atoms with Crippen LogP contribution in [0.25, 0.3) is 0 Å². The Morgan fingerprint density at radius 1 is 1.43 bits per heavy atom. The fourth-order valence-electron chi connectivity index (χ4n) is 2.50. The molecule has 0 spiro atoms. The van der Waals surface area contributed by atoms with E-state index in [9.17, 15) is 9.90 Å². The van der Waals surface area contributed by atoms with Crippen molar-refractivity contribution in [3.63, 3.8) is 0 Å². The fourth-order valence-corrected chi connectivity index (χ4v) is 2.50. The van der Waals surface area contributed by atoms with E-state index < -0.39 is 5.54 Å². The molecule has 2 rings (SSSR count). The minimum absolute atomic E-state index is 0.0899. The van der Waals surface area contributed by atoms with Crippen LogP contribution in [0.3, 0.4) is 0 Å². The van der Waals surface area contributed by atoms with Crippen LogP contribution in [0.4, 0.5) is 11.4 Å². The van der Waals surface area contributed by atoms with Crippen LogP contribution >= 0.6 is 0 Å². The van der Waals surface area contributed by atoms with Gasteiger partial charge >= 0.3 is 0 Å². The first-order chi connectivity index (χ1) is 9.97. The standard InChI is InChI=1S/C15H23N3O3/c1-18(2)13-4-3-11(9-12(13)16)14(20)17-15(10-19)5-7-21-8-6-15/h3-4,9,19H,5-8,10,16H2,1-2H3,(H,17,20). The maximum Gasteiger partial charge on any atom is 0.251 e. The number of carbonyl (C=O) groups excluding carboxylic acids is 1. The molecule has 1 fully saturated rings. The molecule has 0 saturated carbocycles. The number of nitrogen functional groups attached to an aromatic ring is 1. The Morgan fingerprint density at radius 2 is 2.10 bits per heavy atom. The summed E-state index contributed by atoms with van der Waals surface area (Å²) < 4.78 is 5.29. The summed E-state index contributed by atoms with van der Waals surface area (Å²) in [4.78, 5) is 14.3. The molecule has 1 heterocycles. The van der Waals surface area contributed by atoms with Crippen molar-refractivity contribution < 1.29 is 14.6 Å². The fraction of sp³-hybridized carbons (Fsp3) is 0.533. The van der Waals surface area contributed by atoms with E-state index in [1.807, 2.05) is 25.1 Å². The van der Waals surface area contributed by atoms with Gasteiger partial charge in [-0.1, -0.05) is 0 Å². The Hall–Kier alpha value is -1.79. The van der Waals surface area contributed by atoms with Gasteiger partial charge in [0.25, 0.3) is 5.91 Å². The van der Waals surface area contributed by atoms with E-state index in [1.54, 1.807) is 12.1 Å². The Balaban J connectivity index is 2.14. The van der Waals surface area contributed by atoms with Gasteiger partial charge in [0, 0.05) is 32.9 Å². The van der Waals surface area contributed by atoms with Crippen LogP contribution in [-0.2, 0) is 4.74 Å². The molecule has 0 aromatic heterocycles. The summed E-state index contributed by atoms with van der Waals surface area (Å²) in [7, 11) is 3.79. The van der Waals surface area contributed by atoms with Crippen molar-refractivity contribution >= 4 is 17.3 Å². The summed E-state index contributed by atoms with van der Waals surface area (Å²) in [5, 5.41) is 12.5. The van der Waals surface area contributed by atoms with Crippen molar-refractivity contribution in [2.75, 3.05) is 44.5 Å². The van der Waals surface area contributed by atoms with Crippen LogP contribution in [-0.4, -0.2) is 50.5 Å². The highest BCUT2D eigenvalue weighted by atomic mass is 16.5. The van der Waals surface area contributed by atoms with Gasteiger partial charge in [-0.15, -0.1) is 0 Å². The van der Waals surface area contributed by atoms with Crippen LogP contribution in [0.1, 0.15) is 23.2 Å². The zero-order chi connectivity index (χ0) is 15.5. The van der Waals surface area contributed by atoms with Crippen molar-refractivity contribution in [2.45, 2.75) is 18.4 Å². The van der Waals surface area contributed by atoms with E-state index in [2.05, 4.69) is 5.32 Å². The van der Waals surface area contributed by atoms with Crippen molar-refractivity contribution in [1.29, 1.82) is 0 Å². The van der Waals surface area contributed by atoms with Crippen molar-refractivity contribution in [3.05, 3.63) is 23.8 Å². The smallest absolute Gasteiger partial charge is 0.251 e. The lowest BCUT2D eigenvalue weighted by molar-refractivity contribution is 0.0125. The van der Waals surface area contributed by atoms with Gasteiger partial charge in [0.05, 0.1) is 23.5 Å². The number of hydrogen-bond donors (Lipinski definition) is 3. The maximum atomic E-state index is 12.4. The Morgan fingerprint density at radius 3 is 2.62 bits per heavy atom. The first-order valence-corrected chi connectivity index (χ1v) is 7.05. The highest BCUT2D eigenvalue weighted by molar-refractivity contribution is 5.96. The third-order valence-electron chi connectivity index (χ3n) is 3.90. The molecule has 0 atom stereocenters. The predicted octanol–water partition coefficient (Wildman–Crippen LogP) is 0.606. The van der Waals surface area contributed by atoms with Crippen molar-refractivity contribution in [2.24, 2.45) is 0 Å². The van der Waals surface area contributed by atoms with E-state index in [1.165, 1.54) is 0 Å². The van der Waals surface area contributed by atoms with Crippen LogP contribution in [0.5, 0.6) is 0 Å². The highest BCUT2D eigenvalue weighted by Crippen LogP contribution is 2.24. The number of benzene rings is 1. The van der Waals surface area contributed by atoms with Crippen LogP contribution < -0.4 is 16.0 Å². The number of ether oxygens (including phenoxy) is 1. The van der Waals surface area contributed by atoms with Gasteiger partial charge in [0.1, 0.15) is 0 Å². The van der Waals surface area contributed by atoms with Gasteiger partial charge in [-0.3, -0.25) is 4.79 Å². The molecule has 1 saturated heterocycles. The Bertz CT molecular complexity index is 511. The number of hydrogen-bond acceptors (Lipinski definition) is 5. The summed E-state index contributed by atoms with van der Waals surface area (Å²) in [5.41, 5.74) is 7.30. The average Bonchev–Trinajstić information content (AvgIpc) is 2.47. The van der Waals surface area contributed by atoms with E-state index in [0.717, 1.165) is 5.69 Å². The van der Waals surface area contributed by atoms with Gasteiger partial charge in [-0.25, -0.2) is 0 Å². The summed E-state index contributed by atoms with van der Waals surface area (Å²) in [6.45, 7) is 0.998. The average molecular weight is 293 g/mol. The number of aliphatic hydroxyl groups excluding tert-OH is 1. The van der Waals surface area contributed by atoms with E-state index in [-0.39, 0.29) is 12.5 Å². The number of nitrogens with one attached hydrogen (secondary N) is 1. The molecule has 0 unspecified atom stereocenters. The zero-order valence-corrected chi connectivity index (χ0v) is 12.6. The number of aliphatic hydroxyl groups is 1. The normalized spacial score (nSPS) is 17.3. The monoisotopic (exact) mass is 293 g/mol.